The number of carbonyl (C=O) groups excluding carboxylic acids is 1. The van der Waals surface area contributed by atoms with Gasteiger partial charge in [-0.05, 0) is 70.1 Å². The Morgan fingerprint density at radius 2 is 1.83 bits per heavy atom. The van der Waals surface area contributed by atoms with Crippen LogP contribution in [-0.4, -0.2) is 47.5 Å². The van der Waals surface area contributed by atoms with E-state index in [2.05, 4.69) is 16.3 Å². The standard InChI is InChI=1S/C23H31N3O2S/c1-14-10-26(11-15(2)28-14)12-20(27)19(9-24)22-25-21(13-29-22)23-6-16-3-17(7-23)5-18(4-16)8-23/h13-19H,3-8,10-12H2,1-2H3/t14-,15+,16?,17?,18?,19-,23?/m0/s1. The molecular weight excluding hydrogens is 382 g/mol. The number of thiazole rings is 1. The fourth-order valence-electron chi connectivity index (χ4n) is 7.08. The molecule has 0 aromatic carbocycles. The second kappa shape index (κ2) is 7.44. The lowest BCUT2D eigenvalue weighted by molar-refractivity contribution is -0.124. The molecule has 5 fully saturated rings. The molecule has 1 aromatic heterocycles. The smallest absolute Gasteiger partial charge is 0.170 e. The number of nitrogens with zero attached hydrogens (tertiary/aromatic N) is 3. The fourth-order valence-corrected chi connectivity index (χ4v) is 8.08. The highest BCUT2D eigenvalue weighted by atomic mass is 32.1. The lowest BCUT2D eigenvalue weighted by atomic mass is 9.49. The van der Waals surface area contributed by atoms with Gasteiger partial charge in [0.1, 0.15) is 5.01 Å². The molecule has 5 aliphatic rings. The van der Waals surface area contributed by atoms with E-state index >= 15 is 0 Å². The third-order valence-corrected chi connectivity index (χ3v) is 8.59. The van der Waals surface area contributed by atoms with Crippen LogP contribution < -0.4 is 0 Å². The van der Waals surface area contributed by atoms with Crippen molar-refractivity contribution in [2.75, 3.05) is 19.6 Å². The number of Topliss-reactive ketones (excluding diaryl/α,β-unsaturated/α-hetero) is 1. The van der Waals surface area contributed by atoms with E-state index in [1.165, 1.54) is 55.6 Å². The van der Waals surface area contributed by atoms with E-state index < -0.39 is 5.92 Å². The van der Waals surface area contributed by atoms with Gasteiger partial charge in [0.05, 0.1) is 30.5 Å². The molecule has 1 saturated heterocycles. The summed E-state index contributed by atoms with van der Waals surface area (Å²) in [5.74, 6) is 1.83. The quantitative estimate of drug-likeness (QED) is 0.732. The summed E-state index contributed by atoms with van der Waals surface area (Å²) >= 11 is 1.52. The summed E-state index contributed by atoms with van der Waals surface area (Å²) in [7, 11) is 0. The van der Waals surface area contributed by atoms with Gasteiger partial charge in [0.25, 0.3) is 0 Å². The first-order valence-electron chi connectivity index (χ1n) is 11.2. The fraction of sp³-hybridized carbons (Fsp3) is 0.783. The maximum absolute atomic E-state index is 13.0. The summed E-state index contributed by atoms with van der Waals surface area (Å²) in [5.41, 5.74) is 1.40. The van der Waals surface area contributed by atoms with Crippen LogP contribution >= 0.6 is 11.3 Å². The van der Waals surface area contributed by atoms with E-state index in [4.69, 9.17) is 9.72 Å². The van der Waals surface area contributed by atoms with Crippen molar-refractivity contribution >= 4 is 17.1 Å². The predicted molar refractivity (Wildman–Crippen MR) is 112 cm³/mol. The van der Waals surface area contributed by atoms with Crippen LogP contribution in [0, 0.1) is 29.1 Å². The molecule has 4 bridgehead atoms. The van der Waals surface area contributed by atoms with Crippen LogP contribution in [0.3, 0.4) is 0 Å². The Bertz CT molecular complexity index is 783. The average molecular weight is 414 g/mol. The van der Waals surface area contributed by atoms with E-state index in [1.807, 2.05) is 13.8 Å². The maximum Gasteiger partial charge on any atom is 0.170 e. The third-order valence-electron chi connectivity index (χ3n) is 7.68. The number of carbonyl (C=O) groups is 1. The number of nitriles is 1. The third kappa shape index (κ3) is 3.66. The van der Waals surface area contributed by atoms with Crippen LogP contribution in [-0.2, 0) is 14.9 Å². The van der Waals surface area contributed by atoms with Crippen molar-refractivity contribution in [3.8, 4) is 6.07 Å². The van der Waals surface area contributed by atoms with Crippen LogP contribution in [0.15, 0.2) is 5.38 Å². The topological polar surface area (TPSA) is 66.2 Å². The van der Waals surface area contributed by atoms with Crippen LogP contribution in [0.25, 0.3) is 0 Å². The Morgan fingerprint density at radius 1 is 1.24 bits per heavy atom. The van der Waals surface area contributed by atoms with Gasteiger partial charge in [0.15, 0.2) is 11.7 Å². The Balaban J connectivity index is 1.31. The molecule has 0 spiro atoms. The van der Waals surface area contributed by atoms with E-state index in [9.17, 15) is 10.1 Å². The summed E-state index contributed by atoms with van der Waals surface area (Å²) < 4.78 is 5.76. The van der Waals surface area contributed by atoms with Crippen molar-refractivity contribution in [1.29, 1.82) is 5.26 Å². The zero-order valence-electron chi connectivity index (χ0n) is 17.5. The van der Waals surface area contributed by atoms with Crippen LogP contribution in [0.5, 0.6) is 0 Å². The van der Waals surface area contributed by atoms with Crippen molar-refractivity contribution in [3.05, 3.63) is 16.1 Å². The summed E-state index contributed by atoms with van der Waals surface area (Å²) in [6.07, 6.45) is 8.25. The molecule has 5 nitrogen and oxygen atoms in total. The molecule has 29 heavy (non-hydrogen) atoms. The molecule has 156 valence electrons. The first-order valence-corrected chi connectivity index (χ1v) is 12.1. The first kappa shape index (κ1) is 19.7. The molecule has 1 aliphatic heterocycles. The highest BCUT2D eigenvalue weighted by molar-refractivity contribution is 7.10. The number of ether oxygens (including phenoxy) is 1. The van der Waals surface area contributed by atoms with Gasteiger partial charge >= 0.3 is 0 Å². The van der Waals surface area contributed by atoms with Gasteiger partial charge < -0.3 is 4.74 Å². The van der Waals surface area contributed by atoms with E-state index in [-0.39, 0.29) is 23.4 Å². The van der Waals surface area contributed by atoms with E-state index in [1.54, 1.807) is 0 Å². The van der Waals surface area contributed by atoms with Gasteiger partial charge in [-0.2, -0.15) is 5.26 Å². The Morgan fingerprint density at radius 3 is 2.38 bits per heavy atom. The van der Waals surface area contributed by atoms with Crippen LogP contribution in [0.2, 0.25) is 0 Å². The van der Waals surface area contributed by atoms with Crippen LogP contribution in [0.1, 0.15) is 69.0 Å². The lowest BCUT2D eigenvalue weighted by Gasteiger charge is -2.56. The maximum atomic E-state index is 13.0. The molecular formula is C23H31N3O2S. The van der Waals surface area contributed by atoms with Gasteiger partial charge in [-0.3, -0.25) is 9.69 Å². The normalized spacial score (nSPS) is 40.0. The minimum atomic E-state index is -0.740. The minimum absolute atomic E-state index is 0.0276. The average Bonchev–Trinajstić information content (AvgIpc) is 3.11. The summed E-state index contributed by atoms with van der Waals surface area (Å²) in [6.45, 7) is 5.86. The Hall–Kier alpha value is -1.29. The van der Waals surface area contributed by atoms with Gasteiger partial charge in [0.2, 0.25) is 0 Å². The molecule has 3 atom stereocenters. The van der Waals surface area contributed by atoms with E-state index in [0.29, 0.717) is 11.6 Å². The Labute approximate surface area is 177 Å². The molecule has 6 heteroatoms. The zero-order chi connectivity index (χ0) is 20.2. The molecule has 0 N–H and O–H groups in total. The molecule has 4 aliphatic carbocycles. The summed E-state index contributed by atoms with van der Waals surface area (Å²) in [4.78, 5) is 20.0. The van der Waals surface area contributed by atoms with Gasteiger partial charge in [0, 0.05) is 23.9 Å². The first-order chi connectivity index (χ1) is 13.9. The summed E-state index contributed by atoms with van der Waals surface area (Å²) in [5, 5.41) is 12.7. The molecule has 0 unspecified atom stereocenters. The van der Waals surface area contributed by atoms with Gasteiger partial charge in [-0.25, -0.2) is 4.98 Å². The highest BCUT2D eigenvalue weighted by Gasteiger charge is 2.52. The molecule has 6 rings (SSSR count). The molecule has 0 amide bonds. The number of rotatable bonds is 5. The van der Waals surface area contributed by atoms with Crippen molar-refractivity contribution in [3.63, 3.8) is 0 Å². The van der Waals surface area contributed by atoms with Crippen molar-refractivity contribution in [1.82, 2.24) is 9.88 Å². The van der Waals surface area contributed by atoms with Crippen molar-refractivity contribution < 1.29 is 9.53 Å². The van der Waals surface area contributed by atoms with Crippen molar-refractivity contribution in [2.24, 2.45) is 17.8 Å². The molecule has 2 heterocycles. The van der Waals surface area contributed by atoms with Gasteiger partial charge in [-0.1, -0.05) is 0 Å². The monoisotopic (exact) mass is 413 g/mol. The van der Waals surface area contributed by atoms with Gasteiger partial charge in [-0.15, -0.1) is 11.3 Å². The molecule has 0 radical (unpaired) electrons. The second-order valence-corrected chi connectivity index (χ2v) is 11.1. The highest BCUT2D eigenvalue weighted by Crippen LogP contribution is 2.60. The molecule has 1 aromatic rings. The number of hydrogen-bond donors (Lipinski definition) is 0. The number of ketones is 1. The SMILES string of the molecule is C[C@@H]1CN(CC(=O)[C@H](C#N)c2nc(C34CC5CC(CC(C5)C3)C4)cs2)C[C@H](C)O1. The zero-order valence-corrected chi connectivity index (χ0v) is 18.3. The largest absolute Gasteiger partial charge is 0.373 e. The Kier molecular flexibility index (Phi) is 5.04. The number of morpholine rings is 1. The number of hydrogen-bond acceptors (Lipinski definition) is 6. The lowest BCUT2D eigenvalue weighted by Crippen LogP contribution is -2.48. The second-order valence-electron chi connectivity index (χ2n) is 10.2. The predicted octanol–water partition coefficient (Wildman–Crippen LogP) is 3.90. The minimum Gasteiger partial charge on any atom is -0.373 e. The number of aromatic nitrogens is 1. The summed E-state index contributed by atoms with van der Waals surface area (Å²) in [6, 6.07) is 2.26. The molecule has 4 saturated carbocycles. The van der Waals surface area contributed by atoms with E-state index in [0.717, 1.165) is 30.8 Å². The van der Waals surface area contributed by atoms with Crippen molar-refractivity contribution in [2.45, 2.75) is 75.9 Å². The van der Waals surface area contributed by atoms with Crippen LogP contribution in [0.4, 0.5) is 0 Å².